The molecule has 0 radical (unpaired) electrons. The molecule has 0 aliphatic carbocycles. The topological polar surface area (TPSA) is 60.9 Å². The molecule has 0 fully saturated rings. The molecule has 0 atom stereocenters. The van der Waals surface area contributed by atoms with Crippen LogP contribution in [0.5, 0.6) is 0 Å². The fourth-order valence-electron chi connectivity index (χ4n) is 2.79. The molecule has 0 saturated heterocycles. The van der Waals surface area contributed by atoms with E-state index in [0.29, 0.717) is 0 Å². The number of benzene rings is 1. The van der Waals surface area contributed by atoms with Crippen molar-refractivity contribution in [1.29, 1.82) is 0 Å². The third kappa shape index (κ3) is 2.53. The van der Waals surface area contributed by atoms with Crippen molar-refractivity contribution < 1.29 is 0 Å². The zero-order valence-corrected chi connectivity index (χ0v) is 13.8. The van der Waals surface area contributed by atoms with Gasteiger partial charge in [0, 0.05) is 12.1 Å². The van der Waals surface area contributed by atoms with E-state index in [-0.39, 0.29) is 0 Å². The largest absolute Gasteiger partial charge is 0.238 e. The summed E-state index contributed by atoms with van der Waals surface area (Å²) in [6.45, 7) is 4.20. The van der Waals surface area contributed by atoms with Crippen LogP contribution in [0.15, 0.2) is 36.7 Å². The second-order valence-electron chi connectivity index (χ2n) is 5.45. The molecule has 0 unspecified atom stereocenters. The Morgan fingerprint density at radius 1 is 1.04 bits per heavy atom. The Morgan fingerprint density at radius 2 is 1.87 bits per heavy atom. The number of aryl methyl sites for hydroxylation is 2. The number of nitrogens with zero attached hydrogens (tertiary/aromatic N) is 6. The van der Waals surface area contributed by atoms with Crippen LogP contribution in [0.1, 0.15) is 22.0 Å². The summed E-state index contributed by atoms with van der Waals surface area (Å²) in [5.41, 5.74) is 4.66. The molecule has 23 heavy (non-hydrogen) atoms. The third-order valence-electron chi connectivity index (χ3n) is 3.96. The smallest absolute Gasteiger partial charge is 0.234 e. The number of aromatic nitrogens is 6. The van der Waals surface area contributed by atoms with Crippen molar-refractivity contribution in [3.8, 4) is 5.69 Å². The molecular formula is C16H16N6S. The van der Waals surface area contributed by atoms with Gasteiger partial charge in [0.1, 0.15) is 11.3 Å². The summed E-state index contributed by atoms with van der Waals surface area (Å²) in [6, 6.07) is 10.2. The number of hydrogen-bond acceptors (Lipinski definition) is 5. The van der Waals surface area contributed by atoms with Gasteiger partial charge in [-0.15, -0.1) is 10.2 Å². The molecule has 7 heteroatoms. The van der Waals surface area contributed by atoms with E-state index in [4.69, 9.17) is 5.10 Å². The highest BCUT2D eigenvalue weighted by Gasteiger charge is 2.14. The number of hydrogen-bond donors (Lipinski definition) is 0. The highest BCUT2D eigenvalue weighted by molar-refractivity contribution is 7.16. The molecule has 0 N–H and O–H groups in total. The Morgan fingerprint density at radius 3 is 2.65 bits per heavy atom. The molecule has 4 aromatic rings. The number of fused-ring (bicyclic) bond motifs is 1. The van der Waals surface area contributed by atoms with E-state index in [2.05, 4.69) is 41.3 Å². The van der Waals surface area contributed by atoms with Crippen LogP contribution in [0, 0.1) is 13.8 Å². The van der Waals surface area contributed by atoms with Gasteiger partial charge in [0.15, 0.2) is 0 Å². The minimum absolute atomic E-state index is 0.841. The van der Waals surface area contributed by atoms with Gasteiger partial charge in [0.05, 0.1) is 11.4 Å². The second kappa shape index (κ2) is 5.58. The number of rotatable bonds is 4. The minimum Gasteiger partial charge on any atom is -0.238 e. The molecular weight excluding hydrogens is 308 g/mol. The summed E-state index contributed by atoms with van der Waals surface area (Å²) >= 11 is 1.59. The summed E-state index contributed by atoms with van der Waals surface area (Å²) in [5, 5.41) is 18.1. The summed E-state index contributed by atoms with van der Waals surface area (Å²) in [6.07, 6.45) is 3.45. The molecule has 0 saturated carbocycles. The van der Waals surface area contributed by atoms with E-state index in [1.54, 1.807) is 22.2 Å². The van der Waals surface area contributed by atoms with Gasteiger partial charge in [0.25, 0.3) is 0 Å². The average molecular weight is 324 g/mol. The maximum atomic E-state index is 4.70. The quantitative estimate of drug-likeness (QED) is 0.579. The Labute approximate surface area is 137 Å². The van der Waals surface area contributed by atoms with Crippen molar-refractivity contribution in [3.05, 3.63) is 58.6 Å². The van der Waals surface area contributed by atoms with E-state index >= 15 is 0 Å². The van der Waals surface area contributed by atoms with Crippen LogP contribution in [0.3, 0.4) is 0 Å². The fourth-order valence-corrected chi connectivity index (χ4v) is 3.60. The lowest BCUT2D eigenvalue weighted by molar-refractivity contribution is 0.829. The minimum atomic E-state index is 0.841. The van der Waals surface area contributed by atoms with Crippen LogP contribution >= 0.6 is 11.3 Å². The lowest BCUT2D eigenvalue weighted by atomic mass is 10.1. The van der Waals surface area contributed by atoms with E-state index < -0.39 is 0 Å². The number of para-hydroxylation sites is 1. The van der Waals surface area contributed by atoms with Gasteiger partial charge in [-0.25, -0.2) is 4.68 Å². The van der Waals surface area contributed by atoms with E-state index in [9.17, 15) is 0 Å². The Bertz CT molecular complexity index is 921. The molecule has 116 valence electrons. The summed E-state index contributed by atoms with van der Waals surface area (Å²) < 4.78 is 3.75. The highest BCUT2D eigenvalue weighted by atomic mass is 32.1. The van der Waals surface area contributed by atoms with Crippen molar-refractivity contribution >= 4 is 16.3 Å². The highest BCUT2D eigenvalue weighted by Crippen LogP contribution is 2.21. The van der Waals surface area contributed by atoms with Crippen molar-refractivity contribution in [3.63, 3.8) is 0 Å². The average Bonchev–Trinajstić information content (AvgIpc) is 3.21. The second-order valence-corrected chi connectivity index (χ2v) is 6.49. The van der Waals surface area contributed by atoms with Crippen molar-refractivity contribution in [2.24, 2.45) is 0 Å². The van der Waals surface area contributed by atoms with Crippen LogP contribution in [-0.2, 0) is 12.8 Å². The monoisotopic (exact) mass is 324 g/mol. The Hall–Kier alpha value is -2.54. The summed E-state index contributed by atoms with van der Waals surface area (Å²) in [5.74, 6) is 0. The van der Waals surface area contributed by atoms with E-state index in [1.807, 2.05) is 22.9 Å². The van der Waals surface area contributed by atoms with Crippen molar-refractivity contribution in [2.75, 3.05) is 0 Å². The first-order valence-corrected chi connectivity index (χ1v) is 8.30. The molecule has 0 aliphatic heterocycles. The Balaban J connectivity index is 1.59. The van der Waals surface area contributed by atoms with Crippen molar-refractivity contribution in [2.45, 2.75) is 26.7 Å². The SMILES string of the molecule is Cc1nn(-c2ccccc2)c(C)c1CCc1nn2cnnc2s1. The maximum absolute atomic E-state index is 4.70. The normalized spacial score (nSPS) is 11.4. The summed E-state index contributed by atoms with van der Waals surface area (Å²) in [4.78, 5) is 0.841. The van der Waals surface area contributed by atoms with Gasteiger partial charge >= 0.3 is 0 Å². The molecule has 0 spiro atoms. The molecule has 0 amide bonds. The van der Waals surface area contributed by atoms with Crippen LogP contribution in [0.25, 0.3) is 10.6 Å². The molecule has 0 aliphatic rings. The van der Waals surface area contributed by atoms with Crippen LogP contribution in [0.2, 0.25) is 0 Å². The molecule has 6 nitrogen and oxygen atoms in total. The molecule has 0 bridgehead atoms. The predicted octanol–water partition coefficient (Wildman–Crippen LogP) is 2.77. The van der Waals surface area contributed by atoms with Crippen molar-refractivity contribution in [1.82, 2.24) is 29.6 Å². The van der Waals surface area contributed by atoms with E-state index in [0.717, 1.165) is 34.2 Å². The molecule has 1 aromatic carbocycles. The zero-order valence-electron chi connectivity index (χ0n) is 13.0. The van der Waals surface area contributed by atoms with Gasteiger partial charge in [-0.2, -0.15) is 14.7 Å². The zero-order chi connectivity index (χ0) is 15.8. The summed E-state index contributed by atoms with van der Waals surface area (Å²) in [7, 11) is 0. The lowest BCUT2D eigenvalue weighted by Crippen LogP contribution is -2.00. The van der Waals surface area contributed by atoms with Gasteiger partial charge in [-0.05, 0) is 38.0 Å². The molecule has 3 aromatic heterocycles. The van der Waals surface area contributed by atoms with Crippen LogP contribution < -0.4 is 0 Å². The van der Waals surface area contributed by atoms with Gasteiger partial charge in [-0.1, -0.05) is 29.5 Å². The fraction of sp³-hybridized carbons (Fsp3) is 0.250. The van der Waals surface area contributed by atoms with Crippen LogP contribution in [0.4, 0.5) is 0 Å². The van der Waals surface area contributed by atoms with Crippen LogP contribution in [-0.4, -0.2) is 29.6 Å². The van der Waals surface area contributed by atoms with Gasteiger partial charge in [0.2, 0.25) is 4.96 Å². The van der Waals surface area contributed by atoms with E-state index in [1.165, 1.54) is 11.3 Å². The first-order valence-electron chi connectivity index (χ1n) is 7.48. The maximum Gasteiger partial charge on any atom is 0.234 e. The predicted molar refractivity (Wildman–Crippen MR) is 89.1 cm³/mol. The third-order valence-corrected chi connectivity index (χ3v) is 4.93. The molecule has 3 heterocycles. The Kier molecular flexibility index (Phi) is 3.42. The first-order chi connectivity index (χ1) is 11.2. The lowest BCUT2D eigenvalue weighted by Gasteiger charge is -2.04. The van der Waals surface area contributed by atoms with Gasteiger partial charge < -0.3 is 0 Å². The first kappa shape index (κ1) is 14.1. The molecule has 4 rings (SSSR count). The van der Waals surface area contributed by atoms with Gasteiger partial charge in [-0.3, -0.25) is 0 Å². The standard InChI is InChI=1S/C16H16N6S/c1-11-14(8-9-15-20-21-10-17-18-16(21)23-15)12(2)22(19-11)13-6-4-3-5-7-13/h3-7,10H,8-9H2,1-2H3.